The molecule has 0 nitrogen and oxygen atoms in total. The molecule has 0 unspecified atom stereocenters. The van der Waals surface area contributed by atoms with Gasteiger partial charge in [-0.15, -0.1) is 11.8 Å². The smallest absolute Gasteiger partial charge is 0.00617 e. The third-order valence-electron chi connectivity index (χ3n) is 1.53. The monoisotopic (exact) mass is 152 g/mol. The fourth-order valence-corrected chi connectivity index (χ4v) is 2.13. The van der Waals surface area contributed by atoms with Gasteiger partial charge in [-0.3, -0.25) is 0 Å². The second-order valence-electron chi connectivity index (χ2n) is 2.18. The Morgan fingerprint density at radius 3 is 3.00 bits per heavy atom. The van der Waals surface area contributed by atoms with Gasteiger partial charge in [-0.2, -0.15) is 0 Å². The van der Waals surface area contributed by atoms with Crippen molar-refractivity contribution in [3.63, 3.8) is 0 Å². The van der Waals surface area contributed by atoms with Gasteiger partial charge in [-0.25, -0.2) is 0 Å². The second kappa shape index (κ2) is 3.67. The molecule has 1 saturated heterocycles. The van der Waals surface area contributed by atoms with Crippen LogP contribution in [0, 0.1) is 0 Å². The quantitative estimate of drug-likeness (QED) is 0.556. The lowest BCUT2D eigenvalue weighted by Gasteiger charge is -1.94. The van der Waals surface area contributed by atoms with E-state index in [4.69, 9.17) is 0 Å². The van der Waals surface area contributed by atoms with E-state index in [9.17, 15) is 0 Å². The fraction of sp³-hybridized carbons (Fsp3) is 0.333. The van der Waals surface area contributed by atoms with E-state index >= 15 is 0 Å². The number of allylic oxidation sites excluding steroid dienone is 4. The molecular formula is C9H12S. The van der Waals surface area contributed by atoms with Crippen molar-refractivity contribution in [2.24, 2.45) is 0 Å². The van der Waals surface area contributed by atoms with Gasteiger partial charge in [0.05, 0.1) is 0 Å². The summed E-state index contributed by atoms with van der Waals surface area (Å²) < 4.78 is 0. The van der Waals surface area contributed by atoms with Crippen LogP contribution in [0.3, 0.4) is 0 Å². The molecule has 0 atom stereocenters. The maximum atomic E-state index is 3.68. The van der Waals surface area contributed by atoms with Crippen LogP contribution in [0.1, 0.15) is 13.3 Å². The lowest BCUT2D eigenvalue weighted by molar-refractivity contribution is 1.20. The molecule has 0 amide bonds. The number of thioether (sulfide) groups is 1. The topological polar surface area (TPSA) is 0 Å². The summed E-state index contributed by atoms with van der Waals surface area (Å²) in [5.41, 5.74) is 1.45. The van der Waals surface area contributed by atoms with E-state index in [0.717, 1.165) is 0 Å². The number of hydrogen-bond acceptors (Lipinski definition) is 1. The molecule has 1 heterocycles. The minimum absolute atomic E-state index is 1.20. The second-order valence-corrected chi connectivity index (χ2v) is 3.32. The summed E-state index contributed by atoms with van der Waals surface area (Å²) in [7, 11) is 0. The van der Waals surface area contributed by atoms with E-state index in [2.05, 4.69) is 25.7 Å². The average Bonchev–Trinajstić information content (AvgIpc) is 2.36. The summed E-state index contributed by atoms with van der Waals surface area (Å²) in [5, 5.41) is 0. The van der Waals surface area contributed by atoms with Crippen molar-refractivity contribution < 1.29 is 0 Å². The molecular weight excluding hydrogens is 140 g/mol. The standard InChI is InChI=1S/C9H12S/c1-3-5-8-6-7-10-9(8)4-2/h3-5H,1,6-7H2,2H3/b8-5-,9-4+. The van der Waals surface area contributed by atoms with Crippen LogP contribution in [0.15, 0.2) is 35.3 Å². The van der Waals surface area contributed by atoms with Gasteiger partial charge >= 0.3 is 0 Å². The summed E-state index contributed by atoms with van der Waals surface area (Å²) in [6.45, 7) is 5.77. The van der Waals surface area contributed by atoms with E-state index in [0.29, 0.717) is 0 Å². The molecule has 0 aromatic rings. The lowest BCUT2D eigenvalue weighted by atomic mass is 10.2. The Bertz CT molecular complexity index is 187. The summed E-state index contributed by atoms with van der Waals surface area (Å²) >= 11 is 1.94. The van der Waals surface area contributed by atoms with Crippen molar-refractivity contribution in [3.8, 4) is 0 Å². The maximum Gasteiger partial charge on any atom is 0.00617 e. The zero-order chi connectivity index (χ0) is 7.40. The van der Waals surface area contributed by atoms with Gasteiger partial charge in [0.2, 0.25) is 0 Å². The van der Waals surface area contributed by atoms with E-state index in [1.807, 2.05) is 17.8 Å². The maximum absolute atomic E-state index is 3.68. The van der Waals surface area contributed by atoms with Gasteiger partial charge in [0.1, 0.15) is 0 Å². The highest BCUT2D eigenvalue weighted by atomic mass is 32.2. The largest absolute Gasteiger partial charge is 0.126 e. The van der Waals surface area contributed by atoms with Crippen molar-refractivity contribution in [1.82, 2.24) is 0 Å². The molecule has 1 fully saturated rings. The highest BCUT2D eigenvalue weighted by molar-refractivity contribution is 8.03. The molecule has 1 rings (SSSR count). The molecule has 1 heteroatoms. The normalized spacial score (nSPS) is 26.1. The minimum atomic E-state index is 1.20. The van der Waals surface area contributed by atoms with Crippen LogP contribution in [-0.4, -0.2) is 5.75 Å². The van der Waals surface area contributed by atoms with Crippen molar-refractivity contribution in [1.29, 1.82) is 0 Å². The van der Waals surface area contributed by atoms with E-state index in [1.165, 1.54) is 22.7 Å². The lowest BCUT2D eigenvalue weighted by Crippen LogP contribution is -1.73. The van der Waals surface area contributed by atoms with Gasteiger partial charge in [0.25, 0.3) is 0 Å². The first-order valence-corrected chi connectivity index (χ1v) is 4.48. The molecule has 0 saturated carbocycles. The third kappa shape index (κ3) is 1.54. The molecule has 0 spiro atoms. The summed E-state index contributed by atoms with van der Waals surface area (Å²) in [4.78, 5) is 1.43. The first-order chi connectivity index (χ1) is 4.88. The van der Waals surface area contributed by atoms with Gasteiger partial charge < -0.3 is 0 Å². The first kappa shape index (κ1) is 7.67. The van der Waals surface area contributed by atoms with Crippen LogP contribution in [0.25, 0.3) is 0 Å². The van der Waals surface area contributed by atoms with Crippen molar-refractivity contribution in [3.05, 3.63) is 35.3 Å². The van der Waals surface area contributed by atoms with Crippen molar-refractivity contribution in [2.45, 2.75) is 13.3 Å². The van der Waals surface area contributed by atoms with E-state index in [1.54, 1.807) is 0 Å². The Hall–Kier alpha value is -0.430. The zero-order valence-corrected chi connectivity index (χ0v) is 7.08. The molecule has 0 aromatic heterocycles. The predicted octanol–water partition coefficient (Wildman–Crippen LogP) is 3.14. The van der Waals surface area contributed by atoms with Crippen molar-refractivity contribution in [2.75, 3.05) is 5.75 Å². The Morgan fingerprint density at radius 2 is 2.40 bits per heavy atom. The van der Waals surface area contributed by atoms with Crippen LogP contribution in [-0.2, 0) is 0 Å². The summed E-state index contributed by atoms with van der Waals surface area (Å²) in [6, 6.07) is 0. The first-order valence-electron chi connectivity index (χ1n) is 3.49. The van der Waals surface area contributed by atoms with Gasteiger partial charge in [-0.05, 0) is 18.9 Å². The Balaban J connectivity index is 2.77. The Labute approximate surface area is 66.7 Å². The fourth-order valence-electron chi connectivity index (χ4n) is 1.06. The molecule has 1 aliphatic rings. The van der Waals surface area contributed by atoms with Gasteiger partial charge in [0.15, 0.2) is 0 Å². The van der Waals surface area contributed by atoms with Crippen LogP contribution in [0.4, 0.5) is 0 Å². The molecule has 0 aromatic carbocycles. The molecule has 10 heavy (non-hydrogen) atoms. The van der Waals surface area contributed by atoms with Crippen LogP contribution >= 0.6 is 11.8 Å². The number of rotatable bonds is 1. The zero-order valence-electron chi connectivity index (χ0n) is 6.26. The molecule has 54 valence electrons. The van der Waals surface area contributed by atoms with Crippen LogP contribution in [0.2, 0.25) is 0 Å². The average molecular weight is 152 g/mol. The Morgan fingerprint density at radius 1 is 1.60 bits per heavy atom. The van der Waals surface area contributed by atoms with Gasteiger partial charge in [0, 0.05) is 10.7 Å². The minimum Gasteiger partial charge on any atom is -0.126 e. The van der Waals surface area contributed by atoms with E-state index < -0.39 is 0 Å². The molecule has 0 radical (unpaired) electrons. The van der Waals surface area contributed by atoms with Crippen LogP contribution < -0.4 is 0 Å². The van der Waals surface area contributed by atoms with E-state index in [-0.39, 0.29) is 0 Å². The SMILES string of the molecule is C=C/C=C1/CCS/C1=C/C. The number of hydrogen-bond donors (Lipinski definition) is 0. The third-order valence-corrected chi connectivity index (χ3v) is 2.74. The molecule has 0 N–H and O–H groups in total. The highest BCUT2D eigenvalue weighted by Gasteiger charge is 2.11. The molecule has 0 aliphatic carbocycles. The molecule has 0 bridgehead atoms. The Kier molecular flexibility index (Phi) is 2.82. The predicted molar refractivity (Wildman–Crippen MR) is 49.1 cm³/mol. The summed E-state index contributed by atoms with van der Waals surface area (Å²) in [6.07, 6.45) is 7.35. The van der Waals surface area contributed by atoms with Gasteiger partial charge in [-0.1, -0.05) is 24.8 Å². The van der Waals surface area contributed by atoms with Crippen molar-refractivity contribution >= 4 is 11.8 Å². The van der Waals surface area contributed by atoms with Crippen LogP contribution in [0.5, 0.6) is 0 Å². The molecule has 1 aliphatic heterocycles. The summed E-state index contributed by atoms with van der Waals surface area (Å²) in [5.74, 6) is 1.24. The highest BCUT2D eigenvalue weighted by Crippen LogP contribution is 2.35.